The third-order valence-corrected chi connectivity index (χ3v) is 5.65. The first-order valence-electron chi connectivity index (χ1n) is 10.8. The third-order valence-electron chi connectivity index (χ3n) is 5.65. The Bertz CT molecular complexity index is 1340. The van der Waals surface area contributed by atoms with Gasteiger partial charge >= 0.3 is 6.01 Å². The second-order valence-corrected chi connectivity index (χ2v) is 8.33. The number of nitrogens with zero attached hydrogens (tertiary/aromatic N) is 7. The number of carbonyl (C=O) groups is 1. The molecular formula is C22H25N9O2. The molecule has 5 rings (SSSR count). The second-order valence-electron chi connectivity index (χ2n) is 8.33. The van der Waals surface area contributed by atoms with E-state index in [4.69, 9.17) is 4.74 Å². The molecule has 0 bridgehead atoms. The van der Waals surface area contributed by atoms with Crippen LogP contribution >= 0.6 is 0 Å². The number of amides is 1. The molecule has 0 aliphatic carbocycles. The fourth-order valence-electron chi connectivity index (χ4n) is 4.37. The Kier molecular flexibility index (Phi) is 5.25. The van der Waals surface area contributed by atoms with Gasteiger partial charge in [-0.2, -0.15) is 19.6 Å². The number of rotatable bonds is 4. The van der Waals surface area contributed by atoms with Crippen molar-refractivity contribution in [2.24, 2.45) is 0 Å². The molecule has 4 aromatic rings. The molecule has 1 amide bonds. The van der Waals surface area contributed by atoms with Gasteiger partial charge in [0.15, 0.2) is 0 Å². The van der Waals surface area contributed by atoms with Crippen molar-refractivity contribution in [2.45, 2.75) is 32.9 Å². The number of piperazine rings is 1. The lowest BCUT2D eigenvalue weighted by Crippen LogP contribution is -2.54. The molecule has 2 atom stereocenters. The molecule has 1 saturated heterocycles. The number of aryl methyl sites for hydroxylation is 1. The van der Waals surface area contributed by atoms with Gasteiger partial charge < -0.3 is 20.3 Å². The number of fused-ring (bicyclic) bond motifs is 2. The summed E-state index contributed by atoms with van der Waals surface area (Å²) in [6.45, 7) is 7.85. The van der Waals surface area contributed by atoms with E-state index in [2.05, 4.69) is 54.4 Å². The summed E-state index contributed by atoms with van der Waals surface area (Å²) in [6, 6.07) is 6.38. The second kappa shape index (κ2) is 8.24. The highest BCUT2D eigenvalue weighted by molar-refractivity contribution is 6.13. The van der Waals surface area contributed by atoms with E-state index in [-0.39, 0.29) is 11.9 Å². The predicted molar refractivity (Wildman–Crippen MR) is 124 cm³/mol. The maximum atomic E-state index is 13.4. The smallest absolute Gasteiger partial charge is 0.316 e. The molecule has 0 unspecified atom stereocenters. The topological polar surface area (TPSA) is 122 Å². The van der Waals surface area contributed by atoms with E-state index in [1.54, 1.807) is 18.3 Å². The summed E-state index contributed by atoms with van der Waals surface area (Å²) in [5, 5.41) is 11.4. The Morgan fingerprint density at radius 3 is 2.73 bits per heavy atom. The Balaban J connectivity index is 1.58. The minimum absolute atomic E-state index is 0.203. The Morgan fingerprint density at radius 1 is 1.18 bits per heavy atom. The average molecular weight is 448 g/mol. The molecule has 3 aromatic heterocycles. The van der Waals surface area contributed by atoms with E-state index in [0.29, 0.717) is 34.8 Å². The van der Waals surface area contributed by atoms with E-state index in [0.717, 1.165) is 29.9 Å². The van der Waals surface area contributed by atoms with E-state index >= 15 is 0 Å². The van der Waals surface area contributed by atoms with Gasteiger partial charge in [-0.1, -0.05) is 0 Å². The lowest BCUT2D eigenvalue weighted by Gasteiger charge is -2.38. The molecule has 4 heterocycles. The number of benzene rings is 1. The molecule has 11 nitrogen and oxygen atoms in total. The first-order chi connectivity index (χ1) is 15.9. The molecule has 1 aromatic carbocycles. The monoisotopic (exact) mass is 447 g/mol. The number of nitrogens with one attached hydrogen (secondary N) is 2. The molecule has 170 valence electrons. The van der Waals surface area contributed by atoms with Crippen molar-refractivity contribution in [3.05, 3.63) is 42.0 Å². The summed E-state index contributed by atoms with van der Waals surface area (Å²) in [7, 11) is 1.51. The molecule has 11 heteroatoms. The molecule has 0 radical (unpaired) electrons. The number of aromatic nitrogens is 6. The SMILES string of the molecule is COc1ncc2c(N3C[C@@H](C)N[C@@H](C)C3)ccc(C(=O)Nc3cc(C)nc4ncnn34)c2n1. The number of carbonyl (C=O) groups excluding carboxylic acids is 1. The fourth-order valence-corrected chi connectivity index (χ4v) is 4.37. The molecular weight excluding hydrogens is 422 g/mol. The van der Waals surface area contributed by atoms with Gasteiger partial charge in [-0.3, -0.25) is 4.79 Å². The van der Waals surface area contributed by atoms with E-state index in [9.17, 15) is 4.79 Å². The zero-order chi connectivity index (χ0) is 23.1. The van der Waals surface area contributed by atoms with Crippen molar-refractivity contribution in [1.29, 1.82) is 0 Å². The van der Waals surface area contributed by atoms with Gasteiger partial charge in [-0.25, -0.2) is 9.97 Å². The number of methoxy groups -OCH3 is 1. The van der Waals surface area contributed by atoms with Gasteiger partial charge in [0.1, 0.15) is 12.1 Å². The lowest BCUT2D eigenvalue weighted by molar-refractivity contribution is 0.102. The van der Waals surface area contributed by atoms with Crippen molar-refractivity contribution in [3.63, 3.8) is 0 Å². The largest absolute Gasteiger partial charge is 0.467 e. The number of hydrogen-bond acceptors (Lipinski definition) is 9. The minimum Gasteiger partial charge on any atom is -0.467 e. The molecule has 0 saturated carbocycles. The van der Waals surface area contributed by atoms with E-state index in [1.165, 1.54) is 18.0 Å². The van der Waals surface area contributed by atoms with Crippen LogP contribution in [0.4, 0.5) is 11.5 Å². The summed E-state index contributed by atoms with van der Waals surface area (Å²) in [5.74, 6) is 0.566. The van der Waals surface area contributed by atoms with Crippen LogP contribution in [0.2, 0.25) is 0 Å². The molecule has 2 N–H and O–H groups in total. The van der Waals surface area contributed by atoms with Gasteiger partial charge in [0.2, 0.25) is 0 Å². The van der Waals surface area contributed by atoms with Crippen LogP contribution in [0.1, 0.15) is 29.9 Å². The molecule has 0 spiro atoms. The van der Waals surface area contributed by atoms with Gasteiger partial charge in [0, 0.05) is 54.2 Å². The first kappa shape index (κ1) is 21.0. The van der Waals surface area contributed by atoms with Crippen molar-refractivity contribution in [1.82, 2.24) is 34.9 Å². The number of hydrogen-bond donors (Lipinski definition) is 2. The first-order valence-corrected chi connectivity index (χ1v) is 10.8. The summed E-state index contributed by atoms with van der Waals surface area (Å²) in [4.78, 5) is 33.0. The number of anilines is 2. The standard InChI is InChI=1S/C22H25N9O2/c1-12-7-18(31-21(27-12)24-11-25-31)28-20(32)15-5-6-17(30-9-13(2)26-14(3)10-30)16-8-23-22(33-4)29-19(15)16/h5-8,11,13-14,26H,9-10H2,1-4H3,(H,28,32)/t13-,14+. The minimum atomic E-state index is -0.322. The normalized spacial score (nSPS) is 18.6. The highest BCUT2D eigenvalue weighted by atomic mass is 16.5. The average Bonchev–Trinajstić information content (AvgIpc) is 3.25. The predicted octanol–water partition coefficient (Wildman–Crippen LogP) is 1.82. The van der Waals surface area contributed by atoms with Crippen LogP contribution in [-0.2, 0) is 0 Å². The summed E-state index contributed by atoms with van der Waals surface area (Å²) >= 11 is 0. The molecule has 1 fully saturated rings. The van der Waals surface area contributed by atoms with Crippen LogP contribution in [-0.4, -0.2) is 67.7 Å². The van der Waals surface area contributed by atoms with Crippen LogP contribution < -0.4 is 20.3 Å². The van der Waals surface area contributed by atoms with Crippen LogP contribution in [0.3, 0.4) is 0 Å². The van der Waals surface area contributed by atoms with Crippen LogP contribution in [0.25, 0.3) is 16.7 Å². The van der Waals surface area contributed by atoms with Crippen molar-refractivity contribution in [3.8, 4) is 6.01 Å². The Hall–Kier alpha value is -3.86. The zero-order valence-corrected chi connectivity index (χ0v) is 18.9. The van der Waals surface area contributed by atoms with Crippen LogP contribution in [0, 0.1) is 6.92 Å². The molecule has 1 aliphatic rings. The highest BCUT2D eigenvalue weighted by Gasteiger charge is 2.25. The summed E-state index contributed by atoms with van der Waals surface area (Å²) in [6.07, 6.45) is 3.12. The highest BCUT2D eigenvalue weighted by Crippen LogP contribution is 2.31. The van der Waals surface area contributed by atoms with Gasteiger partial charge in [-0.15, -0.1) is 0 Å². The van der Waals surface area contributed by atoms with Crippen LogP contribution in [0.15, 0.2) is 30.7 Å². The third kappa shape index (κ3) is 3.91. The summed E-state index contributed by atoms with van der Waals surface area (Å²) in [5.41, 5.74) is 2.64. The van der Waals surface area contributed by atoms with Gasteiger partial charge in [0.25, 0.3) is 11.7 Å². The molecule has 1 aliphatic heterocycles. The maximum absolute atomic E-state index is 13.4. The quantitative estimate of drug-likeness (QED) is 0.482. The fraction of sp³-hybridized carbons (Fsp3) is 0.364. The lowest BCUT2D eigenvalue weighted by atomic mass is 10.0. The van der Waals surface area contributed by atoms with Crippen molar-refractivity contribution < 1.29 is 9.53 Å². The van der Waals surface area contributed by atoms with Crippen LogP contribution in [0.5, 0.6) is 6.01 Å². The van der Waals surface area contributed by atoms with E-state index in [1.807, 2.05) is 13.0 Å². The van der Waals surface area contributed by atoms with E-state index < -0.39 is 0 Å². The number of ether oxygens (including phenoxy) is 1. The van der Waals surface area contributed by atoms with Gasteiger partial charge in [0.05, 0.1) is 18.2 Å². The Labute approximate surface area is 190 Å². The summed E-state index contributed by atoms with van der Waals surface area (Å²) < 4.78 is 6.74. The molecule has 33 heavy (non-hydrogen) atoms. The Morgan fingerprint density at radius 2 is 1.97 bits per heavy atom. The van der Waals surface area contributed by atoms with Crippen molar-refractivity contribution in [2.75, 3.05) is 30.4 Å². The maximum Gasteiger partial charge on any atom is 0.316 e. The van der Waals surface area contributed by atoms with Gasteiger partial charge in [-0.05, 0) is 32.9 Å². The zero-order valence-electron chi connectivity index (χ0n) is 18.9. The van der Waals surface area contributed by atoms with Crippen molar-refractivity contribution >= 4 is 34.1 Å².